The summed E-state index contributed by atoms with van der Waals surface area (Å²) in [6.45, 7) is 8.61. The Morgan fingerprint density at radius 3 is 2.76 bits per heavy atom. The van der Waals surface area contributed by atoms with E-state index in [2.05, 4.69) is 34.2 Å². The number of hydrogen-bond donors (Lipinski definition) is 1. The van der Waals surface area contributed by atoms with Crippen LogP contribution >= 0.6 is 0 Å². The van der Waals surface area contributed by atoms with Crippen LogP contribution in [0.4, 0.5) is 0 Å². The molecule has 3 rings (SSSR count). The first-order valence-electron chi connectivity index (χ1n) is 7.01. The quantitative estimate of drug-likeness (QED) is 0.797. The maximum atomic E-state index is 5.47. The molecule has 0 amide bonds. The summed E-state index contributed by atoms with van der Waals surface area (Å²) in [6.07, 6.45) is 3.64. The van der Waals surface area contributed by atoms with E-state index in [9.17, 15) is 0 Å². The van der Waals surface area contributed by atoms with Crippen molar-refractivity contribution in [2.45, 2.75) is 40.3 Å². The van der Waals surface area contributed by atoms with Crippen LogP contribution in [0.3, 0.4) is 0 Å². The number of fused-ring (bicyclic) bond motifs is 1. The molecule has 0 aliphatic carbocycles. The zero-order chi connectivity index (χ0) is 15.0. The molecule has 110 valence electrons. The molecule has 0 bridgehead atoms. The highest BCUT2D eigenvalue weighted by molar-refractivity contribution is 5.42. The Bertz CT molecular complexity index is 774. The first-order valence-corrected chi connectivity index (χ1v) is 7.01. The second-order valence-electron chi connectivity index (χ2n) is 5.32. The average Bonchev–Trinajstić information content (AvgIpc) is 3.02. The largest absolute Gasteiger partial charge is 0.445 e. The molecule has 3 aromatic rings. The van der Waals surface area contributed by atoms with Gasteiger partial charge in [-0.1, -0.05) is 0 Å². The molecule has 3 heterocycles. The third-order valence-electron chi connectivity index (χ3n) is 3.58. The highest BCUT2D eigenvalue weighted by Gasteiger charge is 2.13. The van der Waals surface area contributed by atoms with Crippen LogP contribution in [0.1, 0.15) is 41.6 Å². The molecule has 6 nitrogen and oxygen atoms in total. The fourth-order valence-corrected chi connectivity index (χ4v) is 2.43. The monoisotopic (exact) mass is 285 g/mol. The van der Waals surface area contributed by atoms with Gasteiger partial charge in [-0.05, 0) is 27.7 Å². The number of nitrogens with zero attached hydrogens (tertiary/aromatic N) is 4. The summed E-state index contributed by atoms with van der Waals surface area (Å²) < 4.78 is 7.35. The number of hydrogen-bond acceptors (Lipinski definition) is 5. The summed E-state index contributed by atoms with van der Waals surface area (Å²) in [7, 11) is 0. The SMILES string of the molecule is Cc1cc2ncc(C(C)NCc3ncc(C)o3)c(C)n2n1. The Hall–Kier alpha value is -2.21. The standard InChI is InChI=1S/C15H19N5O/c1-9-5-14-17-7-13(12(4)20(14)19-9)11(3)16-8-15-18-6-10(2)21-15/h5-7,11,16H,8H2,1-4H3. The Labute approximate surface area is 123 Å². The second kappa shape index (κ2) is 5.29. The van der Waals surface area contributed by atoms with E-state index in [1.165, 1.54) is 0 Å². The van der Waals surface area contributed by atoms with Crippen molar-refractivity contribution >= 4 is 5.65 Å². The van der Waals surface area contributed by atoms with Gasteiger partial charge >= 0.3 is 0 Å². The van der Waals surface area contributed by atoms with Gasteiger partial charge in [-0.3, -0.25) is 0 Å². The van der Waals surface area contributed by atoms with Crippen LogP contribution in [0.25, 0.3) is 5.65 Å². The molecule has 0 radical (unpaired) electrons. The van der Waals surface area contributed by atoms with Crippen molar-refractivity contribution in [1.82, 2.24) is 24.9 Å². The molecule has 0 saturated carbocycles. The maximum Gasteiger partial charge on any atom is 0.208 e. The Balaban J connectivity index is 1.80. The van der Waals surface area contributed by atoms with E-state index in [1.807, 2.05) is 30.6 Å². The lowest BCUT2D eigenvalue weighted by molar-refractivity contribution is 0.431. The average molecular weight is 285 g/mol. The minimum atomic E-state index is 0.138. The van der Waals surface area contributed by atoms with E-state index in [1.54, 1.807) is 6.20 Å². The van der Waals surface area contributed by atoms with Gasteiger partial charge in [0.05, 0.1) is 18.4 Å². The lowest BCUT2D eigenvalue weighted by atomic mass is 10.1. The number of aromatic nitrogens is 4. The first kappa shape index (κ1) is 13.8. The number of rotatable bonds is 4. The van der Waals surface area contributed by atoms with Crippen molar-refractivity contribution < 1.29 is 4.42 Å². The van der Waals surface area contributed by atoms with Crippen molar-refractivity contribution in [2.75, 3.05) is 0 Å². The van der Waals surface area contributed by atoms with Crippen LogP contribution in [0.2, 0.25) is 0 Å². The molecule has 0 aliphatic rings. The Morgan fingerprint density at radius 1 is 1.24 bits per heavy atom. The fourth-order valence-electron chi connectivity index (χ4n) is 2.43. The van der Waals surface area contributed by atoms with Crippen LogP contribution in [-0.4, -0.2) is 19.6 Å². The van der Waals surface area contributed by atoms with E-state index in [4.69, 9.17) is 4.42 Å². The summed E-state index contributed by atoms with van der Waals surface area (Å²) in [5, 5.41) is 7.88. The van der Waals surface area contributed by atoms with Gasteiger partial charge in [-0.25, -0.2) is 14.5 Å². The van der Waals surface area contributed by atoms with Crippen molar-refractivity contribution in [2.24, 2.45) is 0 Å². The maximum absolute atomic E-state index is 5.47. The molecule has 0 fully saturated rings. The van der Waals surface area contributed by atoms with E-state index in [0.717, 1.165) is 28.4 Å². The van der Waals surface area contributed by atoms with E-state index in [0.29, 0.717) is 12.4 Å². The third kappa shape index (κ3) is 2.67. The third-order valence-corrected chi connectivity index (χ3v) is 3.58. The normalized spacial score (nSPS) is 13.0. The lowest BCUT2D eigenvalue weighted by Crippen LogP contribution is -2.20. The first-order chi connectivity index (χ1) is 10.0. The van der Waals surface area contributed by atoms with Gasteiger partial charge in [-0.15, -0.1) is 0 Å². The predicted molar refractivity (Wildman–Crippen MR) is 79.0 cm³/mol. The summed E-state index contributed by atoms with van der Waals surface area (Å²) in [6, 6.07) is 2.11. The molecule has 21 heavy (non-hydrogen) atoms. The fraction of sp³-hybridized carbons (Fsp3) is 0.400. The van der Waals surface area contributed by atoms with Gasteiger partial charge in [0, 0.05) is 29.6 Å². The van der Waals surface area contributed by atoms with Crippen molar-refractivity contribution in [1.29, 1.82) is 0 Å². The molecule has 0 aliphatic heterocycles. The van der Waals surface area contributed by atoms with Crippen LogP contribution in [0.5, 0.6) is 0 Å². The molecule has 0 spiro atoms. The summed E-state index contributed by atoms with van der Waals surface area (Å²) >= 11 is 0. The number of nitrogens with one attached hydrogen (secondary N) is 1. The van der Waals surface area contributed by atoms with E-state index >= 15 is 0 Å². The van der Waals surface area contributed by atoms with Crippen LogP contribution < -0.4 is 5.32 Å². The minimum absolute atomic E-state index is 0.138. The van der Waals surface area contributed by atoms with Gasteiger partial charge in [0.25, 0.3) is 0 Å². The smallest absolute Gasteiger partial charge is 0.208 e. The predicted octanol–water partition coefficient (Wildman–Crippen LogP) is 2.49. The van der Waals surface area contributed by atoms with Crippen LogP contribution in [-0.2, 0) is 6.54 Å². The van der Waals surface area contributed by atoms with Gasteiger partial charge in [0.15, 0.2) is 5.65 Å². The van der Waals surface area contributed by atoms with E-state index < -0.39 is 0 Å². The number of oxazole rings is 1. The van der Waals surface area contributed by atoms with Gasteiger partial charge in [0.1, 0.15) is 5.76 Å². The Morgan fingerprint density at radius 2 is 2.05 bits per heavy atom. The van der Waals surface area contributed by atoms with Crippen LogP contribution in [0, 0.1) is 20.8 Å². The van der Waals surface area contributed by atoms with Crippen LogP contribution in [0.15, 0.2) is 22.9 Å². The molecule has 6 heteroatoms. The van der Waals surface area contributed by atoms with Crippen molar-refractivity contribution in [3.63, 3.8) is 0 Å². The number of aryl methyl sites for hydroxylation is 3. The van der Waals surface area contributed by atoms with Crippen molar-refractivity contribution in [3.8, 4) is 0 Å². The summed E-state index contributed by atoms with van der Waals surface area (Å²) in [5.41, 5.74) is 4.06. The molecular formula is C15H19N5O. The van der Waals surface area contributed by atoms with E-state index in [-0.39, 0.29) is 6.04 Å². The molecule has 0 aromatic carbocycles. The second-order valence-corrected chi connectivity index (χ2v) is 5.32. The molecule has 1 N–H and O–H groups in total. The molecule has 1 atom stereocenters. The highest BCUT2D eigenvalue weighted by atomic mass is 16.4. The summed E-state index contributed by atoms with van der Waals surface area (Å²) in [5.74, 6) is 1.52. The zero-order valence-corrected chi connectivity index (χ0v) is 12.7. The molecule has 1 unspecified atom stereocenters. The van der Waals surface area contributed by atoms with Gasteiger partial charge in [-0.2, -0.15) is 5.10 Å². The minimum Gasteiger partial charge on any atom is -0.445 e. The molecular weight excluding hydrogens is 266 g/mol. The summed E-state index contributed by atoms with van der Waals surface area (Å²) in [4.78, 5) is 8.66. The zero-order valence-electron chi connectivity index (χ0n) is 12.7. The molecule has 0 saturated heterocycles. The topological polar surface area (TPSA) is 68.2 Å². The Kier molecular flexibility index (Phi) is 3.47. The lowest BCUT2D eigenvalue weighted by Gasteiger charge is -2.15. The van der Waals surface area contributed by atoms with Gasteiger partial charge < -0.3 is 9.73 Å². The highest BCUT2D eigenvalue weighted by Crippen LogP contribution is 2.18. The van der Waals surface area contributed by atoms with Gasteiger partial charge in [0.2, 0.25) is 5.89 Å². The van der Waals surface area contributed by atoms with Crippen molar-refractivity contribution in [3.05, 3.63) is 47.1 Å². The molecule has 3 aromatic heterocycles.